The Morgan fingerprint density at radius 2 is 2.24 bits per heavy atom. The van der Waals surface area contributed by atoms with Crippen LogP contribution in [0.25, 0.3) is 0 Å². The molecule has 2 heterocycles. The fourth-order valence-corrected chi connectivity index (χ4v) is 4.51. The van der Waals surface area contributed by atoms with E-state index in [2.05, 4.69) is 43.2 Å². The second-order valence-electron chi connectivity index (χ2n) is 4.39. The molecule has 1 aromatic rings. The van der Waals surface area contributed by atoms with Crippen molar-refractivity contribution in [2.75, 3.05) is 20.2 Å². The van der Waals surface area contributed by atoms with E-state index in [1.165, 1.54) is 11.1 Å². The van der Waals surface area contributed by atoms with Gasteiger partial charge in [0.2, 0.25) is 0 Å². The van der Waals surface area contributed by atoms with Crippen LogP contribution in [0, 0.1) is 0 Å². The molecule has 3 rings (SSSR count). The monoisotopic (exact) mass is 361 g/mol. The van der Waals surface area contributed by atoms with Gasteiger partial charge in [-0.25, -0.2) is 0 Å². The summed E-state index contributed by atoms with van der Waals surface area (Å²) in [5, 5.41) is 3.39. The van der Waals surface area contributed by atoms with Crippen molar-refractivity contribution in [3.63, 3.8) is 0 Å². The van der Waals surface area contributed by atoms with Gasteiger partial charge in [0.15, 0.2) is 0 Å². The number of rotatable bonds is 1. The van der Waals surface area contributed by atoms with Crippen LogP contribution in [0.4, 0.5) is 0 Å². The lowest BCUT2D eigenvalue weighted by molar-refractivity contribution is 0.0295. The molecule has 2 atom stereocenters. The second-order valence-corrected chi connectivity index (χ2v) is 6.04. The molecule has 1 aromatic carbocycles. The average Bonchev–Trinajstić information content (AvgIpc) is 2.76. The first-order valence-electron chi connectivity index (χ1n) is 5.59. The maximum atomic E-state index is 5.87. The van der Waals surface area contributed by atoms with Crippen molar-refractivity contribution < 1.29 is 9.47 Å². The van der Waals surface area contributed by atoms with Crippen molar-refractivity contribution >= 4 is 31.9 Å². The Morgan fingerprint density at radius 1 is 1.41 bits per heavy atom. The van der Waals surface area contributed by atoms with Crippen LogP contribution in [0.15, 0.2) is 15.0 Å². The number of methoxy groups -OCH3 is 1. The minimum absolute atomic E-state index is 0.296. The Balaban J connectivity index is 2.16. The summed E-state index contributed by atoms with van der Waals surface area (Å²) in [6.45, 7) is 2.59. The second kappa shape index (κ2) is 4.53. The minimum atomic E-state index is 0.296. The number of hydrogen-bond acceptors (Lipinski definition) is 3. The van der Waals surface area contributed by atoms with E-state index < -0.39 is 0 Å². The van der Waals surface area contributed by atoms with Gasteiger partial charge in [-0.1, -0.05) is 0 Å². The molecule has 0 amide bonds. The fraction of sp³-hybridized carbons (Fsp3) is 0.500. The van der Waals surface area contributed by atoms with Gasteiger partial charge in [-0.2, -0.15) is 0 Å². The van der Waals surface area contributed by atoms with Crippen molar-refractivity contribution in [1.29, 1.82) is 0 Å². The van der Waals surface area contributed by atoms with Crippen LogP contribution in [0.5, 0.6) is 5.75 Å². The summed E-state index contributed by atoms with van der Waals surface area (Å²) in [5.41, 5.74) is 2.58. The molecule has 1 fully saturated rings. The predicted molar refractivity (Wildman–Crippen MR) is 72.6 cm³/mol. The molecular weight excluding hydrogens is 350 g/mol. The normalized spacial score (nSPS) is 26.5. The first-order valence-corrected chi connectivity index (χ1v) is 7.18. The standard InChI is InChI=1S/C12H13Br2NO2/c1-16-12-8(13)2-6-5-17-9-4-15-3-7(9)10(6)11(12)14/h2,7,9,15H,3-5H2,1H3/t7-,9+/m1/s1. The molecule has 0 aromatic heterocycles. The highest BCUT2D eigenvalue weighted by molar-refractivity contribution is 9.11. The Bertz CT molecular complexity index is 464. The minimum Gasteiger partial charge on any atom is -0.494 e. The molecule has 1 saturated heterocycles. The Morgan fingerprint density at radius 3 is 3.00 bits per heavy atom. The summed E-state index contributed by atoms with van der Waals surface area (Å²) in [7, 11) is 1.70. The zero-order valence-electron chi connectivity index (χ0n) is 9.43. The molecule has 17 heavy (non-hydrogen) atoms. The van der Waals surface area contributed by atoms with Crippen molar-refractivity contribution in [3.8, 4) is 5.75 Å². The summed E-state index contributed by atoms with van der Waals surface area (Å²) < 4.78 is 13.3. The van der Waals surface area contributed by atoms with E-state index in [1.807, 2.05) is 0 Å². The zero-order chi connectivity index (χ0) is 12.0. The van der Waals surface area contributed by atoms with Crippen LogP contribution in [-0.2, 0) is 11.3 Å². The smallest absolute Gasteiger partial charge is 0.147 e. The van der Waals surface area contributed by atoms with Crippen LogP contribution in [0.3, 0.4) is 0 Å². The molecule has 0 bridgehead atoms. The van der Waals surface area contributed by atoms with E-state index in [0.29, 0.717) is 18.6 Å². The lowest BCUT2D eigenvalue weighted by Gasteiger charge is -2.30. The number of halogens is 2. The summed E-state index contributed by atoms with van der Waals surface area (Å²) in [5.74, 6) is 1.30. The molecule has 0 radical (unpaired) electrons. The van der Waals surface area contributed by atoms with Gasteiger partial charge in [-0.15, -0.1) is 0 Å². The molecule has 0 spiro atoms. The molecule has 0 saturated carbocycles. The number of benzene rings is 1. The SMILES string of the molecule is COc1c(Br)cc2c(c1Br)[C@@H]1CNC[C@@H]1OC2. The lowest BCUT2D eigenvalue weighted by Crippen LogP contribution is -2.27. The Hall–Kier alpha value is -0.100. The number of ether oxygens (including phenoxy) is 2. The molecule has 2 aliphatic rings. The van der Waals surface area contributed by atoms with Gasteiger partial charge in [-0.05, 0) is 49.1 Å². The third-order valence-corrected chi connectivity index (χ3v) is 4.86. The topological polar surface area (TPSA) is 30.5 Å². The van der Waals surface area contributed by atoms with Crippen molar-refractivity contribution in [1.82, 2.24) is 5.32 Å². The molecule has 0 unspecified atom stereocenters. The van der Waals surface area contributed by atoms with Crippen LogP contribution >= 0.6 is 31.9 Å². The fourth-order valence-electron chi connectivity index (χ4n) is 2.69. The lowest BCUT2D eigenvalue weighted by atomic mass is 9.89. The summed E-state index contributed by atoms with van der Waals surface area (Å²) in [4.78, 5) is 0. The molecule has 92 valence electrons. The highest BCUT2D eigenvalue weighted by Crippen LogP contribution is 2.45. The summed E-state index contributed by atoms with van der Waals surface area (Å²) in [6, 6.07) is 2.10. The maximum Gasteiger partial charge on any atom is 0.147 e. The average molecular weight is 363 g/mol. The van der Waals surface area contributed by atoms with Gasteiger partial charge in [0.05, 0.1) is 28.8 Å². The largest absolute Gasteiger partial charge is 0.494 e. The third-order valence-electron chi connectivity index (χ3n) is 3.49. The van der Waals surface area contributed by atoms with Crippen LogP contribution in [0.1, 0.15) is 17.0 Å². The van der Waals surface area contributed by atoms with Gasteiger partial charge < -0.3 is 14.8 Å². The van der Waals surface area contributed by atoms with Crippen LogP contribution < -0.4 is 10.1 Å². The van der Waals surface area contributed by atoms with Crippen molar-refractivity contribution in [2.45, 2.75) is 18.6 Å². The van der Waals surface area contributed by atoms with Gasteiger partial charge in [-0.3, -0.25) is 0 Å². The van der Waals surface area contributed by atoms with E-state index in [0.717, 1.165) is 27.8 Å². The third kappa shape index (κ3) is 1.84. The van der Waals surface area contributed by atoms with Gasteiger partial charge in [0.1, 0.15) is 5.75 Å². The summed E-state index contributed by atoms with van der Waals surface area (Å²) >= 11 is 7.21. The molecule has 5 heteroatoms. The zero-order valence-corrected chi connectivity index (χ0v) is 12.6. The predicted octanol–water partition coefficient (Wildman–Crippen LogP) is 2.81. The highest BCUT2D eigenvalue weighted by Gasteiger charge is 2.37. The first-order chi connectivity index (χ1) is 8.22. The molecular formula is C12H13Br2NO2. The number of hydrogen-bond donors (Lipinski definition) is 1. The molecule has 0 aliphatic carbocycles. The van der Waals surface area contributed by atoms with E-state index >= 15 is 0 Å². The molecule has 2 aliphatic heterocycles. The highest BCUT2D eigenvalue weighted by atomic mass is 79.9. The van der Waals surface area contributed by atoms with Crippen molar-refractivity contribution in [2.24, 2.45) is 0 Å². The van der Waals surface area contributed by atoms with Gasteiger partial charge in [0.25, 0.3) is 0 Å². The quantitative estimate of drug-likeness (QED) is 0.833. The van der Waals surface area contributed by atoms with E-state index in [4.69, 9.17) is 9.47 Å². The summed E-state index contributed by atoms with van der Waals surface area (Å²) in [6.07, 6.45) is 0.296. The van der Waals surface area contributed by atoms with Gasteiger partial charge >= 0.3 is 0 Å². The Kier molecular flexibility index (Phi) is 3.19. The Labute approximate surface area is 117 Å². The van der Waals surface area contributed by atoms with Crippen LogP contribution in [0.2, 0.25) is 0 Å². The number of fused-ring (bicyclic) bond motifs is 3. The number of nitrogens with one attached hydrogen (secondary N) is 1. The molecule has 3 nitrogen and oxygen atoms in total. The van der Waals surface area contributed by atoms with E-state index in [9.17, 15) is 0 Å². The first kappa shape index (κ1) is 12.0. The van der Waals surface area contributed by atoms with Gasteiger partial charge in [0, 0.05) is 19.0 Å². The molecule has 1 N–H and O–H groups in total. The maximum absolute atomic E-state index is 5.87. The van der Waals surface area contributed by atoms with Crippen molar-refractivity contribution in [3.05, 3.63) is 26.1 Å². The van der Waals surface area contributed by atoms with E-state index in [-0.39, 0.29) is 0 Å². The van der Waals surface area contributed by atoms with E-state index in [1.54, 1.807) is 7.11 Å². The van der Waals surface area contributed by atoms with Crippen LogP contribution in [-0.4, -0.2) is 26.3 Å².